The largest absolute Gasteiger partial charge is 0.417 e. The van der Waals surface area contributed by atoms with Crippen LogP contribution in [0.25, 0.3) is 22.4 Å². The van der Waals surface area contributed by atoms with Crippen LogP contribution in [0.15, 0.2) is 39.7 Å². The third kappa shape index (κ3) is 1.78. The molecule has 0 aliphatic rings. The highest BCUT2D eigenvalue weighted by atomic mass is 32.1. The summed E-state index contributed by atoms with van der Waals surface area (Å²) in [5.41, 5.74) is 2.94. The molecule has 0 saturated carbocycles. The summed E-state index contributed by atoms with van der Waals surface area (Å²) in [7, 11) is 0. The molecular weight excluding hydrogens is 238 g/mol. The van der Waals surface area contributed by atoms with Crippen molar-refractivity contribution in [1.29, 1.82) is 0 Å². The highest BCUT2D eigenvalue weighted by molar-refractivity contribution is 7.71. The lowest BCUT2D eigenvalue weighted by molar-refractivity contribution is 0.555. The number of hydrogen-bond acceptors (Lipinski definition) is 4. The SMILES string of the molecule is O=c1[nH]c2cc(-c3ccnc(=S)[nH]3)ccc2o1. The Morgan fingerprint density at radius 3 is 2.94 bits per heavy atom. The highest BCUT2D eigenvalue weighted by Gasteiger charge is 2.03. The van der Waals surface area contributed by atoms with E-state index in [2.05, 4.69) is 15.0 Å². The van der Waals surface area contributed by atoms with Crippen molar-refractivity contribution in [2.24, 2.45) is 0 Å². The molecule has 0 aliphatic carbocycles. The number of fused-ring (bicyclic) bond motifs is 1. The van der Waals surface area contributed by atoms with Gasteiger partial charge < -0.3 is 9.40 Å². The monoisotopic (exact) mass is 245 g/mol. The average molecular weight is 245 g/mol. The van der Waals surface area contributed by atoms with Gasteiger partial charge >= 0.3 is 5.76 Å². The van der Waals surface area contributed by atoms with Gasteiger partial charge in [0, 0.05) is 17.5 Å². The molecule has 0 bridgehead atoms. The lowest BCUT2D eigenvalue weighted by Gasteiger charge is -2.00. The third-order valence-corrected chi connectivity index (χ3v) is 2.61. The number of benzene rings is 1. The van der Waals surface area contributed by atoms with Crippen LogP contribution in [0, 0.1) is 4.77 Å². The summed E-state index contributed by atoms with van der Waals surface area (Å²) in [5, 5.41) is 0. The Kier molecular flexibility index (Phi) is 2.15. The molecule has 2 N–H and O–H groups in total. The highest BCUT2D eigenvalue weighted by Crippen LogP contribution is 2.20. The molecule has 2 heterocycles. The van der Waals surface area contributed by atoms with E-state index in [0.717, 1.165) is 11.3 Å². The lowest BCUT2D eigenvalue weighted by Crippen LogP contribution is -1.93. The number of nitrogens with one attached hydrogen (secondary N) is 2. The molecule has 84 valence electrons. The Hall–Kier alpha value is -2.21. The number of rotatable bonds is 1. The summed E-state index contributed by atoms with van der Waals surface area (Å²) in [6.45, 7) is 0. The van der Waals surface area contributed by atoms with Crippen molar-refractivity contribution in [2.45, 2.75) is 0 Å². The lowest BCUT2D eigenvalue weighted by atomic mass is 10.1. The topological polar surface area (TPSA) is 74.7 Å². The van der Waals surface area contributed by atoms with Gasteiger partial charge in [-0.15, -0.1) is 0 Å². The normalized spacial score (nSPS) is 10.8. The quantitative estimate of drug-likeness (QED) is 0.645. The van der Waals surface area contributed by atoms with Crippen LogP contribution in [-0.2, 0) is 0 Å². The molecule has 0 radical (unpaired) electrons. The van der Waals surface area contributed by atoms with E-state index in [4.69, 9.17) is 16.6 Å². The van der Waals surface area contributed by atoms with Crippen molar-refractivity contribution in [3.8, 4) is 11.3 Å². The number of oxazole rings is 1. The van der Waals surface area contributed by atoms with E-state index >= 15 is 0 Å². The average Bonchev–Trinajstić information content (AvgIpc) is 2.68. The molecule has 0 unspecified atom stereocenters. The molecule has 5 nitrogen and oxygen atoms in total. The van der Waals surface area contributed by atoms with Crippen LogP contribution < -0.4 is 5.76 Å². The fourth-order valence-corrected chi connectivity index (χ4v) is 1.83. The summed E-state index contributed by atoms with van der Waals surface area (Å²) in [4.78, 5) is 20.5. The van der Waals surface area contributed by atoms with Gasteiger partial charge in [-0.1, -0.05) is 0 Å². The van der Waals surface area contributed by atoms with E-state index in [-0.39, 0.29) is 0 Å². The molecule has 17 heavy (non-hydrogen) atoms. The van der Waals surface area contributed by atoms with Crippen molar-refractivity contribution in [2.75, 3.05) is 0 Å². The maximum atomic E-state index is 11.0. The minimum atomic E-state index is -0.459. The molecule has 6 heteroatoms. The van der Waals surface area contributed by atoms with Gasteiger partial charge in [0.2, 0.25) is 0 Å². The van der Waals surface area contributed by atoms with Crippen molar-refractivity contribution in [3.63, 3.8) is 0 Å². The van der Waals surface area contributed by atoms with Crippen LogP contribution in [0.3, 0.4) is 0 Å². The van der Waals surface area contributed by atoms with Gasteiger partial charge in [-0.25, -0.2) is 9.78 Å². The van der Waals surface area contributed by atoms with E-state index < -0.39 is 5.76 Å². The Morgan fingerprint density at radius 1 is 1.24 bits per heavy atom. The van der Waals surface area contributed by atoms with Crippen LogP contribution in [-0.4, -0.2) is 15.0 Å². The Labute approximate surface area is 100 Å². The van der Waals surface area contributed by atoms with Crippen molar-refractivity contribution in [3.05, 3.63) is 45.8 Å². The Morgan fingerprint density at radius 2 is 2.12 bits per heavy atom. The second kappa shape index (κ2) is 3.67. The fraction of sp³-hybridized carbons (Fsp3) is 0. The van der Waals surface area contributed by atoms with Gasteiger partial charge in [0.05, 0.1) is 5.52 Å². The van der Waals surface area contributed by atoms with Gasteiger partial charge in [-0.2, -0.15) is 0 Å². The molecule has 0 atom stereocenters. The first-order valence-corrected chi connectivity index (χ1v) is 5.32. The summed E-state index contributed by atoms with van der Waals surface area (Å²) in [5.74, 6) is -0.459. The van der Waals surface area contributed by atoms with E-state index in [1.165, 1.54) is 0 Å². The predicted octanol–water partition coefficient (Wildman–Crippen LogP) is 2.24. The first-order valence-electron chi connectivity index (χ1n) is 4.91. The standard InChI is InChI=1S/C11H7N3O2S/c15-11-14-8-5-6(1-2-9(8)16-11)7-3-4-12-10(17)13-7/h1-5H,(H,14,15)(H,12,13,17). The van der Waals surface area contributed by atoms with E-state index in [1.54, 1.807) is 12.3 Å². The van der Waals surface area contributed by atoms with Crippen LogP contribution in [0.1, 0.15) is 0 Å². The molecule has 0 fully saturated rings. The van der Waals surface area contributed by atoms with Gasteiger partial charge in [0.15, 0.2) is 10.4 Å². The molecule has 0 spiro atoms. The first kappa shape index (κ1) is 9.98. The minimum absolute atomic E-state index is 0.420. The Balaban J connectivity index is 2.24. The zero-order chi connectivity index (χ0) is 11.8. The second-order valence-electron chi connectivity index (χ2n) is 3.51. The van der Waals surface area contributed by atoms with E-state index in [1.807, 2.05) is 18.2 Å². The molecule has 2 aromatic heterocycles. The molecule has 0 aliphatic heterocycles. The predicted molar refractivity (Wildman–Crippen MR) is 65.3 cm³/mol. The van der Waals surface area contributed by atoms with Crippen molar-refractivity contribution < 1.29 is 4.42 Å². The van der Waals surface area contributed by atoms with Gasteiger partial charge in [0.25, 0.3) is 0 Å². The summed E-state index contributed by atoms with van der Waals surface area (Å²) in [6.07, 6.45) is 1.64. The third-order valence-electron chi connectivity index (χ3n) is 2.40. The van der Waals surface area contributed by atoms with Gasteiger partial charge in [-0.05, 0) is 36.5 Å². The molecule has 3 aromatic rings. The smallest absolute Gasteiger partial charge is 0.408 e. The molecule has 0 amide bonds. The zero-order valence-electron chi connectivity index (χ0n) is 8.56. The fourth-order valence-electron chi connectivity index (χ4n) is 1.66. The molecule has 0 saturated heterocycles. The van der Waals surface area contributed by atoms with Gasteiger partial charge in [-0.3, -0.25) is 4.98 Å². The molecule has 3 rings (SSSR count). The second-order valence-corrected chi connectivity index (χ2v) is 3.90. The van der Waals surface area contributed by atoms with E-state index in [9.17, 15) is 4.79 Å². The number of aromatic nitrogens is 3. The Bertz CT molecular complexity index is 800. The number of hydrogen-bond donors (Lipinski definition) is 2. The summed E-state index contributed by atoms with van der Waals surface area (Å²) >= 11 is 4.96. The first-order chi connectivity index (χ1) is 8.22. The van der Waals surface area contributed by atoms with Crippen LogP contribution in [0.4, 0.5) is 0 Å². The summed E-state index contributed by atoms with van der Waals surface area (Å²) < 4.78 is 5.35. The van der Waals surface area contributed by atoms with Crippen molar-refractivity contribution >= 4 is 23.3 Å². The van der Waals surface area contributed by atoms with Gasteiger partial charge in [0.1, 0.15) is 0 Å². The molecular formula is C11H7N3O2S. The minimum Gasteiger partial charge on any atom is -0.408 e. The summed E-state index contributed by atoms with van der Waals surface area (Å²) in [6, 6.07) is 7.22. The maximum Gasteiger partial charge on any atom is 0.417 e. The van der Waals surface area contributed by atoms with Crippen LogP contribution in [0.5, 0.6) is 0 Å². The zero-order valence-corrected chi connectivity index (χ0v) is 9.38. The number of aromatic amines is 2. The van der Waals surface area contributed by atoms with Crippen molar-refractivity contribution in [1.82, 2.24) is 15.0 Å². The van der Waals surface area contributed by atoms with Crippen LogP contribution in [0.2, 0.25) is 0 Å². The maximum absolute atomic E-state index is 11.0. The van der Waals surface area contributed by atoms with E-state index in [0.29, 0.717) is 15.9 Å². The molecule has 1 aromatic carbocycles. The van der Waals surface area contributed by atoms with Crippen LogP contribution >= 0.6 is 12.2 Å². The number of nitrogens with zero attached hydrogens (tertiary/aromatic N) is 1. The number of H-pyrrole nitrogens is 2.